The molecule has 3 saturated heterocycles. The zero-order chi connectivity index (χ0) is 54.9. The third kappa shape index (κ3) is 17.0. The van der Waals surface area contributed by atoms with E-state index in [1.54, 1.807) is 0 Å². The van der Waals surface area contributed by atoms with Crippen molar-refractivity contribution in [1.29, 1.82) is 0 Å². The lowest BCUT2D eigenvalue weighted by Crippen LogP contribution is -2.70. The third-order valence-electron chi connectivity index (χ3n) is 11.9. The van der Waals surface area contributed by atoms with Crippen molar-refractivity contribution in [3.63, 3.8) is 0 Å². The largest absolute Gasteiger partial charge is 0.463 e. The van der Waals surface area contributed by atoms with Crippen LogP contribution in [0.2, 0.25) is 0 Å². The Morgan fingerprint density at radius 1 is 0.421 bits per heavy atom. The highest BCUT2D eigenvalue weighted by atomic mass is 16.8. The summed E-state index contributed by atoms with van der Waals surface area (Å²) in [6.45, 7) is 5.65. The lowest BCUT2D eigenvalue weighted by atomic mass is 9.93. The highest BCUT2D eigenvalue weighted by Crippen LogP contribution is 2.38. The standard InChI is InChI=1S/C53H65NO22/c1-29(56)54-42-46(69-33(5)60)44(75-53-50(71-35(7)62)48(70-34(6)61)45(68-32(4)59)41(74-53)28-64-31(3)58)40(27-63-30(2)57)73-51(42)76-47-43(65-24-36-17-11-8-12-18-36)39(23-55)72-52(67-26-38-21-15-10-16-22-38)49(47)66-25-37-19-13-9-14-20-37/h8-22,39-53,55H,23-28H2,1-7H3,(H,54,56). The second kappa shape index (κ2) is 28.6. The molecular formula is C53H65NO22. The average Bonchev–Trinajstić information content (AvgIpc) is 3.39. The smallest absolute Gasteiger partial charge is 0.303 e. The van der Waals surface area contributed by atoms with Crippen LogP contribution >= 0.6 is 0 Å². The zero-order valence-electron chi connectivity index (χ0n) is 43.1. The van der Waals surface area contributed by atoms with Gasteiger partial charge in [0.2, 0.25) is 5.91 Å². The zero-order valence-corrected chi connectivity index (χ0v) is 43.1. The van der Waals surface area contributed by atoms with E-state index in [1.807, 2.05) is 91.0 Å². The predicted octanol–water partition coefficient (Wildman–Crippen LogP) is 2.67. The van der Waals surface area contributed by atoms with Crippen LogP contribution in [0.1, 0.15) is 65.2 Å². The number of hydrogen-bond donors (Lipinski definition) is 2. The van der Waals surface area contributed by atoms with E-state index in [0.717, 1.165) is 58.2 Å². The van der Waals surface area contributed by atoms with Crippen LogP contribution in [0.15, 0.2) is 91.0 Å². The number of rotatable bonds is 23. The molecule has 0 spiro atoms. The summed E-state index contributed by atoms with van der Waals surface area (Å²) in [6, 6.07) is 25.9. The number of ether oxygens (including phenoxy) is 14. The number of carbonyl (C=O) groups excluding carboxylic acids is 7. The fourth-order valence-electron chi connectivity index (χ4n) is 8.82. The Bertz CT molecular complexity index is 2380. The molecule has 3 heterocycles. The molecule has 0 bridgehead atoms. The van der Waals surface area contributed by atoms with Gasteiger partial charge in [-0.2, -0.15) is 0 Å². The monoisotopic (exact) mass is 1070 g/mol. The van der Waals surface area contributed by atoms with Gasteiger partial charge in [-0.3, -0.25) is 33.6 Å². The lowest BCUT2D eigenvalue weighted by Gasteiger charge is -2.51. The first-order valence-corrected chi connectivity index (χ1v) is 24.5. The summed E-state index contributed by atoms with van der Waals surface area (Å²) in [7, 11) is 0. The molecule has 3 aliphatic heterocycles. The van der Waals surface area contributed by atoms with Gasteiger partial charge in [-0.1, -0.05) is 91.0 Å². The van der Waals surface area contributed by atoms with Crippen LogP contribution in [0.4, 0.5) is 0 Å². The number of benzene rings is 3. The number of aliphatic hydroxyl groups excluding tert-OH is 1. The van der Waals surface area contributed by atoms with Gasteiger partial charge in [-0.15, -0.1) is 0 Å². The molecule has 0 aromatic heterocycles. The second-order valence-electron chi connectivity index (χ2n) is 18.0. The lowest BCUT2D eigenvalue weighted by molar-refractivity contribution is -0.374. The molecule has 0 aliphatic carbocycles. The molecule has 15 unspecified atom stereocenters. The number of hydrogen-bond acceptors (Lipinski definition) is 22. The van der Waals surface area contributed by atoms with Crippen molar-refractivity contribution >= 4 is 41.7 Å². The second-order valence-corrected chi connectivity index (χ2v) is 18.0. The van der Waals surface area contributed by atoms with Crippen LogP contribution in [0.5, 0.6) is 0 Å². The molecular weight excluding hydrogens is 1000 g/mol. The van der Waals surface area contributed by atoms with Crippen molar-refractivity contribution in [3.8, 4) is 0 Å². The van der Waals surface area contributed by atoms with Gasteiger partial charge in [0.15, 0.2) is 43.3 Å². The van der Waals surface area contributed by atoms with Crippen LogP contribution in [-0.4, -0.2) is 159 Å². The Morgan fingerprint density at radius 2 is 0.829 bits per heavy atom. The SMILES string of the molecule is CC(=O)NC1C(OC2C(OCc3ccccc3)C(CO)OC(OCc3ccccc3)C2OCc2ccccc2)OC(COC(C)=O)C(OC2OC(COC(C)=O)C(OC(C)=O)C(OC(C)=O)C2OC(C)=O)C1OC(C)=O. The number of aliphatic hydroxyl groups is 1. The molecule has 0 saturated carbocycles. The summed E-state index contributed by atoms with van der Waals surface area (Å²) in [5.41, 5.74) is 2.26. The fraction of sp³-hybridized carbons (Fsp3) is 0.528. The summed E-state index contributed by atoms with van der Waals surface area (Å²) < 4.78 is 86.3. The normalized spacial score (nSPS) is 29.2. The Labute approximate surface area is 438 Å². The summed E-state index contributed by atoms with van der Waals surface area (Å²) in [5.74, 6) is -5.95. The van der Waals surface area contributed by atoms with Crippen molar-refractivity contribution in [3.05, 3.63) is 108 Å². The van der Waals surface area contributed by atoms with E-state index >= 15 is 0 Å². The van der Waals surface area contributed by atoms with Gasteiger partial charge >= 0.3 is 35.8 Å². The maximum Gasteiger partial charge on any atom is 0.303 e. The fourth-order valence-corrected chi connectivity index (χ4v) is 8.82. The minimum Gasteiger partial charge on any atom is -0.463 e. The van der Waals surface area contributed by atoms with Gasteiger partial charge in [0, 0.05) is 48.5 Å². The van der Waals surface area contributed by atoms with Gasteiger partial charge in [0.25, 0.3) is 0 Å². The summed E-state index contributed by atoms with van der Waals surface area (Å²) in [4.78, 5) is 89.5. The van der Waals surface area contributed by atoms with Crippen LogP contribution in [0.25, 0.3) is 0 Å². The molecule has 0 radical (unpaired) electrons. The Morgan fingerprint density at radius 3 is 1.30 bits per heavy atom. The maximum absolute atomic E-state index is 13.4. The first kappa shape index (κ1) is 58.8. The van der Waals surface area contributed by atoms with E-state index in [1.165, 1.54) is 6.92 Å². The minimum absolute atomic E-state index is 0.0167. The van der Waals surface area contributed by atoms with E-state index in [2.05, 4.69) is 5.32 Å². The van der Waals surface area contributed by atoms with Crippen molar-refractivity contribution in [2.45, 2.75) is 160 Å². The van der Waals surface area contributed by atoms with Crippen molar-refractivity contribution in [1.82, 2.24) is 5.32 Å². The van der Waals surface area contributed by atoms with E-state index in [0.29, 0.717) is 0 Å². The topological polar surface area (TPSA) is 281 Å². The highest BCUT2D eigenvalue weighted by molar-refractivity contribution is 5.73. The van der Waals surface area contributed by atoms with E-state index in [4.69, 9.17) is 66.3 Å². The van der Waals surface area contributed by atoms with Crippen LogP contribution in [0.3, 0.4) is 0 Å². The van der Waals surface area contributed by atoms with E-state index < -0.39 is 154 Å². The molecule has 3 aromatic carbocycles. The van der Waals surface area contributed by atoms with Gasteiger partial charge < -0.3 is 76.7 Å². The first-order chi connectivity index (χ1) is 36.4. The Hall–Kier alpha value is -6.41. The third-order valence-corrected chi connectivity index (χ3v) is 11.9. The molecule has 15 atom stereocenters. The van der Waals surface area contributed by atoms with Gasteiger partial charge in [-0.25, -0.2) is 0 Å². The molecule has 3 fully saturated rings. The molecule has 23 heteroatoms. The van der Waals surface area contributed by atoms with Crippen molar-refractivity contribution < 1.29 is 105 Å². The van der Waals surface area contributed by atoms with Crippen LogP contribution in [0, 0.1) is 0 Å². The van der Waals surface area contributed by atoms with Crippen LogP contribution in [-0.2, 0) is 120 Å². The molecule has 76 heavy (non-hydrogen) atoms. The summed E-state index contributed by atoms with van der Waals surface area (Å²) in [5, 5.41) is 13.8. The quantitative estimate of drug-likeness (QED) is 0.102. The number of amides is 1. The van der Waals surface area contributed by atoms with Gasteiger partial charge in [0.1, 0.15) is 62.0 Å². The molecule has 414 valence electrons. The average molecular weight is 1070 g/mol. The number of esters is 6. The number of nitrogens with one attached hydrogen (secondary N) is 1. The predicted molar refractivity (Wildman–Crippen MR) is 257 cm³/mol. The minimum atomic E-state index is -1.89. The molecule has 6 rings (SSSR count). The highest BCUT2D eigenvalue weighted by Gasteiger charge is 2.59. The van der Waals surface area contributed by atoms with Crippen molar-refractivity contribution in [2.75, 3.05) is 19.8 Å². The molecule has 2 N–H and O–H groups in total. The maximum atomic E-state index is 13.4. The van der Waals surface area contributed by atoms with Crippen molar-refractivity contribution in [2.24, 2.45) is 0 Å². The molecule has 3 aliphatic rings. The summed E-state index contributed by atoms with van der Waals surface area (Å²) >= 11 is 0. The molecule has 1 amide bonds. The Balaban J connectivity index is 1.47. The summed E-state index contributed by atoms with van der Waals surface area (Å²) in [6.07, 6.45) is -21.3. The molecule has 23 nitrogen and oxygen atoms in total. The number of carbonyl (C=O) groups is 7. The van der Waals surface area contributed by atoms with Gasteiger partial charge in [-0.05, 0) is 16.7 Å². The first-order valence-electron chi connectivity index (χ1n) is 24.5. The van der Waals surface area contributed by atoms with Gasteiger partial charge in [0.05, 0.1) is 26.4 Å². The molecule has 3 aromatic rings. The van der Waals surface area contributed by atoms with E-state index in [-0.39, 0.29) is 19.8 Å². The Kier molecular flexibility index (Phi) is 22.2. The van der Waals surface area contributed by atoms with E-state index in [9.17, 15) is 38.7 Å². The van der Waals surface area contributed by atoms with Crippen LogP contribution < -0.4 is 5.32 Å².